The molecule has 2 aromatic carbocycles. The molecule has 2 aromatic rings. The van der Waals surface area contributed by atoms with Gasteiger partial charge in [-0.25, -0.2) is 0 Å². The van der Waals surface area contributed by atoms with Crippen LogP contribution in [0.25, 0.3) is 0 Å². The second-order valence-corrected chi connectivity index (χ2v) is 4.76. The molecule has 0 radical (unpaired) electrons. The first-order valence-corrected chi connectivity index (χ1v) is 6.93. The number of hydrogen-bond acceptors (Lipinski definition) is 3. The molecule has 0 fully saturated rings. The monoisotopic (exact) mass is 271 g/mol. The van der Waals surface area contributed by atoms with E-state index in [9.17, 15) is 0 Å². The SMILES string of the molecule is CC(C)OCCNc1ccccc1Oc1ccccc1. The zero-order chi connectivity index (χ0) is 14.2. The summed E-state index contributed by atoms with van der Waals surface area (Å²) in [6.45, 7) is 5.50. The molecule has 3 heteroatoms. The Morgan fingerprint density at radius 1 is 0.950 bits per heavy atom. The summed E-state index contributed by atoms with van der Waals surface area (Å²) < 4.78 is 11.4. The van der Waals surface area contributed by atoms with Gasteiger partial charge in [0.15, 0.2) is 5.75 Å². The molecular formula is C17H21NO2. The van der Waals surface area contributed by atoms with Crippen molar-refractivity contribution in [3.05, 3.63) is 54.6 Å². The van der Waals surface area contributed by atoms with Crippen molar-refractivity contribution in [2.24, 2.45) is 0 Å². The van der Waals surface area contributed by atoms with Crippen molar-refractivity contribution in [2.75, 3.05) is 18.5 Å². The molecule has 0 unspecified atom stereocenters. The number of ether oxygens (including phenoxy) is 2. The van der Waals surface area contributed by atoms with E-state index in [1.165, 1.54) is 0 Å². The standard InChI is InChI=1S/C17H21NO2/c1-14(2)19-13-12-18-16-10-6-7-11-17(16)20-15-8-4-3-5-9-15/h3-11,14,18H,12-13H2,1-2H3. The van der Waals surface area contributed by atoms with Gasteiger partial charge in [-0.2, -0.15) is 0 Å². The molecule has 0 aromatic heterocycles. The predicted octanol–water partition coefficient (Wildman–Crippen LogP) is 4.32. The van der Waals surface area contributed by atoms with Crippen LogP contribution in [0.15, 0.2) is 54.6 Å². The summed E-state index contributed by atoms with van der Waals surface area (Å²) in [5, 5.41) is 3.34. The van der Waals surface area contributed by atoms with Crippen molar-refractivity contribution in [3.63, 3.8) is 0 Å². The van der Waals surface area contributed by atoms with Crippen LogP contribution >= 0.6 is 0 Å². The third kappa shape index (κ3) is 4.59. The minimum Gasteiger partial charge on any atom is -0.455 e. The highest BCUT2D eigenvalue weighted by Gasteiger charge is 2.03. The minimum atomic E-state index is 0.257. The molecule has 0 aliphatic rings. The molecule has 0 aliphatic heterocycles. The summed E-state index contributed by atoms with van der Waals surface area (Å²) in [5.41, 5.74) is 0.976. The van der Waals surface area contributed by atoms with Gasteiger partial charge in [0.2, 0.25) is 0 Å². The van der Waals surface area contributed by atoms with Gasteiger partial charge in [-0.05, 0) is 38.1 Å². The normalized spacial score (nSPS) is 10.6. The lowest BCUT2D eigenvalue weighted by atomic mass is 10.3. The maximum atomic E-state index is 5.88. The summed E-state index contributed by atoms with van der Waals surface area (Å²) in [7, 11) is 0. The Bertz CT molecular complexity index is 511. The largest absolute Gasteiger partial charge is 0.455 e. The lowest BCUT2D eigenvalue weighted by Crippen LogP contribution is -2.13. The molecule has 0 spiro atoms. The molecular weight excluding hydrogens is 250 g/mol. The Morgan fingerprint density at radius 2 is 1.65 bits per heavy atom. The van der Waals surface area contributed by atoms with Crippen molar-refractivity contribution in [3.8, 4) is 11.5 Å². The Morgan fingerprint density at radius 3 is 2.40 bits per heavy atom. The molecule has 2 rings (SSSR count). The van der Waals surface area contributed by atoms with E-state index in [0.29, 0.717) is 6.61 Å². The first-order chi connectivity index (χ1) is 9.75. The van der Waals surface area contributed by atoms with Crippen LogP contribution in [-0.4, -0.2) is 19.3 Å². The van der Waals surface area contributed by atoms with Gasteiger partial charge in [-0.1, -0.05) is 30.3 Å². The average molecular weight is 271 g/mol. The predicted molar refractivity (Wildman–Crippen MR) is 82.5 cm³/mol. The number of benzene rings is 2. The van der Waals surface area contributed by atoms with Crippen LogP contribution in [0, 0.1) is 0 Å². The first kappa shape index (κ1) is 14.4. The van der Waals surface area contributed by atoms with E-state index in [2.05, 4.69) is 5.32 Å². The highest BCUT2D eigenvalue weighted by molar-refractivity contribution is 5.57. The molecule has 3 nitrogen and oxygen atoms in total. The fourth-order valence-corrected chi connectivity index (χ4v) is 1.80. The summed E-state index contributed by atoms with van der Waals surface area (Å²) in [6, 6.07) is 17.7. The third-order valence-electron chi connectivity index (χ3n) is 2.73. The first-order valence-electron chi connectivity index (χ1n) is 6.93. The van der Waals surface area contributed by atoms with Crippen molar-refractivity contribution in [1.82, 2.24) is 0 Å². The molecule has 0 bridgehead atoms. The van der Waals surface area contributed by atoms with E-state index in [0.717, 1.165) is 23.7 Å². The van der Waals surface area contributed by atoms with Gasteiger partial charge in [-0.15, -0.1) is 0 Å². The Hall–Kier alpha value is -2.00. The van der Waals surface area contributed by atoms with Crippen LogP contribution in [0.5, 0.6) is 11.5 Å². The highest BCUT2D eigenvalue weighted by atomic mass is 16.5. The molecule has 20 heavy (non-hydrogen) atoms. The quantitative estimate of drug-likeness (QED) is 0.761. The van der Waals surface area contributed by atoms with Gasteiger partial charge in [-0.3, -0.25) is 0 Å². The van der Waals surface area contributed by atoms with Crippen LogP contribution in [0.1, 0.15) is 13.8 Å². The Balaban J connectivity index is 1.96. The zero-order valence-electron chi connectivity index (χ0n) is 12.0. The number of hydrogen-bond donors (Lipinski definition) is 1. The smallest absolute Gasteiger partial charge is 0.150 e. The molecule has 1 N–H and O–H groups in total. The fourth-order valence-electron chi connectivity index (χ4n) is 1.80. The molecule has 0 atom stereocenters. The lowest BCUT2D eigenvalue weighted by molar-refractivity contribution is 0.0870. The van der Waals surface area contributed by atoms with Gasteiger partial charge in [0.25, 0.3) is 0 Å². The van der Waals surface area contributed by atoms with Gasteiger partial charge in [0, 0.05) is 6.54 Å². The van der Waals surface area contributed by atoms with E-state index in [-0.39, 0.29) is 6.10 Å². The second kappa shape index (κ2) is 7.56. The van der Waals surface area contributed by atoms with Gasteiger partial charge in [0.05, 0.1) is 18.4 Å². The van der Waals surface area contributed by atoms with Crippen LogP contribution in [0.2, 0.25) is 0 Å². The van der Waals surface area contributed by atoms with Crippen molar-refractivity contribution < 1.29 is 9.47 Å². The van der Waals surface area contributed by atoms with Gasteiger partial charge in [0.1, 0.15) is 5.75 Å². The van der Waals surface area contributed by atoms with E-state index < -0.39 is 0 Å². The van der Waals surface area contributed by atoms with Crippen LogP contribution in [-0.2, 0) is 4.74 Å². The third-order valence-corrected chi connectivity index (χ3v) is 2.73. The molecule has 106 valence electrons. The number of anilines is 1. The second-order valence-electron chi connectivity index (χ2n) is 4.76. The topological polar surface area (TPSA) is 30.5 Å². The van der Waals surface area contributed by atoms with E-state index >= 15 is 0 Å². The number of para-hydroxylation sites is 3. The van der Waals surface area contributed by atoms with Crippen molar-refractivity contribution in [1.29, 1.82) is 0 Å². The van der Waals surface area contributed by atoms with Crippen LogP contribution in [0.3, 0.4) is 0 Å². The number of nitrogens with one attached hydrogen (secondary N) is 1. The summed E-state index contributed by atoms with van der Waals surface area (Å²) in [4.78, 5) is 0. The highest BCUT2D eigenvalue weighted by Crippen LogP contribution is 2.28. The maximum Gasteiger partial charge on any atom is 0.150 e. The van der Waals surface area contributed by atoms with E-state index in [1.807, 2.05) is 68.4 Å². The van der Waals surface area contributed by atoms with Gasteiger partial charge >= 0.3 is 0 Å². The maximum absolute atomic E-state index is 5.88. The lowest BCUT2D eigenvalue weighted by Gasteiger charge is -2.13. The summed E-state index contributed by atoms with van der Waals surface area (Å²) in [6.07, 6.45) is 0.257. The number of rotatable bonds is 7. The zero-order valence-corrected chi connectivity index (χ0v) is 12.0. The van der Waals surface area contributed by atoms with Crippen molar-refractivity contribution in [2.45, 2.75) is 20.0 Å². The van der Waals surface area contributed by atoms with Crippen LogP contribution in [0.4, 0.5) is 5.69 Å². The fraction of sp³-hybridized carbons (Fsp3) is 0.294. The van der Waals surface area contributed by atoms with Crippen LogP contribution < -0.4 is 10.1 Å². The Kier molecular flexibility index (Phi) is 5.44. The minimum absolute atomic E-state index is 0.257. The summed E-state index contributed by atoms with van der Waals surface area (Å²) in [5.74, 6) is 1.66. The molecule has 0 aliphatic carbocycles. The summed E-state index contributed by atoms with van der Waals surface area (Å²) >= 11 is 0. The molecule has 0 heterocycles. The van der Waals surface area contributed by atoms with E-state index in [1.54, 1.807) is 0 Å². The molecule has 0 saturated carbocycles. The van der Waals surface area contributed by atoms with Gasteiger partial charge < -0.3 is 14.8 Å². The van der Waals surface area contributed by atoms with Crippen molar-refractivity contribution >= 4 is 5.69 Å². The Labute approximate surface area is 120 Å². The molecule has 0 amide bonds. The molecule has 0 saturated heterocycles. The average Bonchev–Trinajstić information content (AvgIpc) is 2.46. The van der Waals surface area contributed by atoms with E-state index in [4.69, 9.17) is 9.47 Å².